The minimum absolute atomic E-state index is 0.0639. The number of ketones is 1. The molecule has 122 valence electrons. The van der Waals surface area contributed by atoms with Gasteiger partial charge in [0.05, 0.1) is 18.7 Å². The van der Waals surface area contributed by atoms with Crippen molar-refractivity contribution in [3.8, 4) is 5.75 Å². The van der Waals surface area contributed by atoms with Crippen molar-refractivity contribution in [2.24, 2.45) is 0 Å². The molecule has 0 bridgehead atoms. The SMILES string of the molecule is COc1ccc(C(O)=C2C(=O)C(=O)N[C@H]2c2ccc(C)cc2)cc1. The molecular formula is C19H17NO4. The number of carbonyl (C=O) groups is 2. The summed E-state index contributed by atoms with van der Waals surface area (Å²) in [4.78, 5) is 24.1. The normalized spacial score (nSPS) is 19.2. The van der Waals surface area contributed by atoms with Gasteiger partial charge < -0.3 is 15.2 Å². The summed E-state index contributed by atoms with van der Waals surface area (Å²) in [6.45, 7) is 1.95. The molecule has 5 heteroatoms. The van der Waals surface area contributed by atoms with Gasteiger partial charge in [-0.05, 0) is 36.8 Å². The van der Waals surface area contributed by atoms with Crippen LogP contribution in [-0.4, -0.2) is 23.9 Å². The van der Waals surface area contributed by atoms with Crippen molar-refractivity contribution in [2.75, 3.05) is 7.11 Å². The fourth-order valence-corrected chi connectivity index (χ4v) is 2.68. The van der Waals surface area contributed by atoms with Gasteiger partial charge in [-0.2, -0.15) is 0 Å². The van der Waals surface area contributed by atoms with E-state index >= 15 is 0 Å². The van der Waals surface area contributed by atoms with Crippen LogP contribution in [0, 0.1) is 6.92 Å². The first-order valence-corrected chi connectivity index (χ1v) is 7.50. The highest BCUT2D eigenvalue weighted by Crippen LogP contribution is 2.33. The summed E-state index contributed by atoms with van der Waals surface area (Å²) in [6, 6.07) is 13.4. The van der Waals surface area contributed by atoms with Gasteiger partial charge >= 0.3 is 0 Å². The maximum atomic E-state index is 12.2. The van der Waals surface area contributed by atoms with Crippen molar-refractivity contribution in [3.63, 3.8) is 0 Å². The molecule has 5 nitrogen and oxygen atoms in total. The minimum atomic E-state index is -0.714. The Hall–Kier alpha value is -3.08. The summed E-state index contributed by atoms with van der Waals surface area (Å²) in [5.74, 6) is -0.991. The van der Waals surface area contributed by atoms with Crippen LogP contribution in [0.4, 0.5) is 0 Å². The molecular weight excluding hydrogens is 306 g/mol. The van der Waals surface area contributed by atoms with E-state index in [0.717, 1.165) is 11.1 Å². The lowest BCUT2D eigenvalue weighted by Gasteiger charge is -2.14. The van der Waals surface area contributed by atoms with E-state index in [9.17, 15) is 14.7 Å². The number of amides is 1. The maximum Gasteiger partial charge on any atom is 0.293 e. The number of rotatable bonds is 3. The van der Waals surface area contributed by atoms with Crippen molar-refractivity contribution in [3.05, 3.63) is 70.8 Å². The second-order valence-corrected chi connectivity index (χ2v) is 5.64. The van der Waals surface area contributed by atoms with Crippen LogP contribution < -0.4 is 10.1 Å². The van der Waals surface area contributed by atoms with E-state index < -0.39 is 17.7 Å². The number of nitrogens with one attached hydrogen (secondary N) is 1. The number of aliphatic hydroxyl groups excluding tert-OH is 1. The maximum absolute atomic E-state index is 12.2. The lowest BCUT2D eigenvalue weighted by atomic mass is 9.95. The fraction of sp³-hybridized carbons (Fsp3) is 0.158. The monoisotopic (exact) mass is 323 g/mol. The summed E-state index contributed by atoms with van der Waals surface area (Å²) in [7, 11) is 1.55. The van der Waals surface area contributed by atoms with Crippen molar-refractivity contribution in [1.29, 1.82) is 0 Å². The summed E-state index contributed by atoms with van der Waals surface area (Å²) >= 11 is 0. The van der Waals surface area contributed by atoms with Gasteiger partial charge in [0.1, 0.15) is 11.5 Å². The molecule has 0 aromatic heterocycles. The van der Waals surface area contributed by atoms with E-state index in [1.165, 1.54) is 0 Å². The Kier molecular flexibility index (Phi) is 4.08. The minimum Gasteiger partial charge on any atom is -0.507 e. The molecule has 1 amide bonds. The lowest BCUT2D eigenvalue weighted by Crippen LogP contribution is -2.21. The molecule has 2 aromatic rings. The molecule has 2 N–H and O–H groups in total. The zero-order chi connectivity index (χ0) is 17.3. The van der Waals surface area contributed by atoms with Crippen molar-refractivity contribution in [1.82, 2.24) is 5.32 Å². The van der Waals surface area contributed by atoms with Gasteiger partial charge in [-0.1, -0.05) is 29.8 Å². The molecule has 1 heterocycles. The number of carbonyl (C=O) groups excluding carboxylic acids is 2. The lowest BCUT2D eigenvalue weighted by molar-refractivity contribution is -0.133. The van der Waals surface area contributed by atoms with E-state index in [1.54, 1.807) is 31.4 Å². The van der Waals surface area contributed by atoms with E-state index in [-0.39, 0.29) is 11.3 Å². The third kappa shape index (κ3) is 2.76. The number of aryl methyl sites for hydroxylation is 1. The highest BCUT2D eigenvalue weighted by molar-refractivity contribution is 6.46. The molecule has 0 radical (unpaired) electrons. The van der Waals surface area contributed by atoms with Crippen molar-refractivity contribution < 1.29 is 19.4 Å². The van der Waals surface area contributed by atoms with E-state index in [0.29, 0.717) is 11.3 Å². The molecule has 1 saturated heterocycles. The van der Waals surface area contributed by atoms with Crippen LogP contribution in [0.15, 0.2) is 54.1 Å². The molecule has 1 atom stereocenters. The van der Waals surface area contributed by atoms with Gasteiger partial charge in [0.25, 0.3) is 11.7 Å². The third-order valence-electron chi connectivity index (χ3n) is 4.04. The van der Waals surface area contributed by atoms with Gasteiger partial charge in [0.15, 0.2) is 0 Å². The molecule has 1 fully saturated rings. The van der Waals surface area contributed by atoms with Gasteiger partial charge in [-0.3, -0.25) is 9.59 Å². The highest BCUT2D eigenvalue weighted by Gasteiger charge is 2.39. The molecule has 0 aliphatic carbocycles. The molecule has 24 heavy (non-hydrogen) atoms. The number of ether oxygens (including phenoxy) is 1. The molecule has 1 aliphatic rings. The smallest absolute Gasteiger partial charge is 0.293 e. The predicted molar refractivity (Wildman–Crippen MR) is 89.6 cm³/mol. The quantitative estimate of drug-likeness (QED) is 0.517. The summed E-state index contributed by atoms with van der Waals surface area (Å²) in [6.07, 6.45) is 0. The van der Waals surface area contributed by atoms with Crippen molar-refractivity contribution in [2.45, 2.75) is 13.0 Å². The highest BCUT2D eigenvalue weighted by atomic mass is 16.5. The second kappa shape index (κ2) is 6.20. The van der Waals surface area contributed by atoms with Crippen LogP contribution >= 0.6 is 0 Å². The molecule has 0 saturated carbocycles. The first-order valence-electron chi connectivity index (χ1n) is 7.50. The van der Waals surface area contributed by atoms with Crippen LogP contribution in [0.2, 0.25) is 0 Å². The molecule has 0 spiro atoms. The Morgan fingerprint density at radius 3 is 2.25 bits per heavy atom. The summed E-state index contributed by atoms with van der Waals surface area (Å²) in [5, 5.41) is 13.2. The molecule has 2 aromatic carbocycles. The van der Waals surface area contributed by atoms with Gasteiger partial charge in [0.2, 0.25) is 0 Å². The third-order valence-corrected chi connectivity index (χ3v) is 4.04. The van der Waals surface area contributed by atoms with E-state index in [2.05, 4.69) is 5.32 Å². The Labute approximate surface area is 139 Å². The van der Waals surface area contributed by atoms with Gasteiger partial charge in [-0.25, -0.2) is 0 Å². The van der Waals surface area contributed by atoms with Gasteiger partial charge in [0, 0.05) is 5.56 Å². The van der Waals surface area contributed by atoms with E-state index in [1.807, 2.05) is 31.2 Å². The predicted octanol–water partition coefficient (Wildman–Crippen LogP) is 2.71. The van der Waals surface area contributed by atoms with Gasteiger partial charge in [-0.15, -0.1) is 0 Å². The number of hydrogen-bond donors (Lipinski definition) is 2. The van der Waals surface area contributed by atoms with Crippen molar-refractivity contribution >= 4 is 17.4 Å². The Morgan fingerprint density at radius 2 is 1.67 bits per heavy atom. The largest absolute Gasteiger partial charge is 0.507 e. The average molecular weight is 323 g/mol. The van der Waals surface area contributed by atoms with Crippen LogP contribution in [0.1, 0.15) is 22.7 Å². The molecule has 1 aliphatic heterocycles. The summed E-state index contributed by atoms with van der Waals surface area (Å²) in [5.41, 5.74) is 2.33. The Balaban J connectivity index is 2.07. The first kappa shape index (κ1) is 15.8. The van der Waals surface area contributed by atoms with Crippen LogP contribution in [0.5, 0.6) is 5.75 Å². The zero-order valence-corrected chi connectivity index (χ0v) is 13.4. The molecule has 0 unspecified atom stereocenters. The number of Topliss-reactive ketones (excluding diaryl/α,β-unsaturated/α-hetero) is 1. The standard InChI is InChI=1S/C19H17NO4/c1-11-3-5-12(6-4-11)16-15(18(22)19(23)20-16)17(21)13-7-9-14(24-2)10-8-13/h3-10,16,21H,1-2H3,(H,20,23)/t16-/m0/s1. The Morgan fingerprint density at radius 1 is 1.04 bits per heavy atom. The number of benzene rings is 2. The topological polar surface area (TPSA) is 75.6 Å². The Bertz CT molecular complexity index is 819. The summed E-state index contributed by atoms with van der Waals surface area (Å²) < 4.78 is 5.08. The van der Waals surface area contributed by atoms with Crippen LogP contribution in [-0.2, 0) is 9.59 Å². The number of aliphatic hydroxyl groups is 1. The average Bonchev–Trinajstić information content (AvgIpc) is 2.90. The number of methoxy groups -OCH3 is 1. The van der Waals surface area contributed by atoms with Crippen LogP contribution in [0.25, 0.3) is 5.76 Å². The second-order valence-electron chi connectivity index (χ2n) is 5.64. The first-order chi connectivity index (χ1) is 11.5. The molecule has 3 rings (SSSR count). The fourth-order valence-electron chi connectivity index (χ4n) is 2.68. The number of hydrogen-bond acceptors (Lipinski definition) is 4. The zero-order valence-electron chi connectivity index (χ0n) is 13.4. The van der Waals surface area contributed by atoms with E-state index in [4.69, 9.17) is 4.74 Å². The van der Waals surface area contributed by atoms with Crippen LogP contribution in [0.3, 0.4) is 0 Å².